The Labute approximate surface area is 97.0 Å². The molecule has 0 saturated heterocycles. The lowest BCUT2D eigenvalue weighted by atomic mass is 10.1. The van der Waals surface area contributed by atoms with Crippen LogP contribution in [0.15, 0.2) is 24.3 Å². The van der Waals surface area contributed by atoms with Crippen LogP contribution in [0.2, 0.25) is 0 Å². The molecule has 1 N–H and O–H groups in total. The van der Waals surface area contributed by atoms with Gasteiger partial charge in [-0.15, -0.1) is 13.2 Å². The molecule has 0 spiro atoms. The van der Waals surface area contributed by atoms with E-state index in [0.29, 0.717) is 0 Å². The maximum atomic E-state index is 11.9. The molecule has 1 aromatic carbocycles. The van der Waals surface area contributed by atoms with Crippen molar-refractivity contribution in [1.29, 1.82) is 0 Å². The number of hydrogen-bond donors (Lipinski definition) is 1. The van der Waals surface area contributed by atoms with Crippen LogP contribution in [0.4, 0.5) is 13.2 Å². The highest BCUT2D eigenvalue weighted by atomic mass is 79.9. The quantitative estimate of drug-likeness (QED) is 0.872. The van der Waals surface area contributed by atoms with Gasteiger partial charge >= 0.3 is 12.3 Å². The van der Waals surface area contributed by atoms with E-state index in [2.05, 4.69) is 20.7 Å². The molecule has 7 heteroatoms. The lowest BCUT2D eigenvalue weighted by molar-refractivity contribution is -0.274. The number of benzene rings is 1. The number of carboxylic acids is 1. The van der Waals surface area contributed by atoms with Gasteiger partial charge < -0.3 is 9.84 Å². The van der Waals surface area contributed by atoms with Gasteiger partial charge in [0, 0.05) is 0 Å². The molecule has 3 nitrogen and oxygen atoms in total. The molecule has 1 unspecified atom stereocenters. The van der Waals surface area contributed by atoms with E-state index in [9.17, 15) is 18.0 Å². The molecule has 16 heavy (non-hydrogen) atoms. The van der Waals surface area contributed by atoms with Gasteiger partial charge in [-0.3, -0.25) is 4.79 Å². The number of halogens is 4. The number of alkyl halides is 4. The van der Waals surface area contributed by atoms with E-state index in [1.54, 1.807) is 0 Å². The van der Waals surface area contributed by atoms with E-state index in [-0.39, 0.29) is 5.56 Å². The topological polar surface area (TPSA) is 46.5 Å². The van der Waals surface area contributed by atoms with Crippen molar-refractivity contribution in [2.45, 2.75) is 11.2 Å². The van der Waals surface area contributed by atoms with Crippen LogP contribution in [0, 0.1) is 0 Å². The molecular weight excluding hydrogens is 293 g/mol. The second kappa shape index (κ2) is 4.73. The Morgan fingerprint density at radius 1 is 1.44 bits per heavy atom. The molecule has 0 aliphatic carbocycles. The highest BCUT2D eigenvalue weighted by molar-refractivity contribution is 9.09. The van der Waals surface area contributed by atoms with Gasteiger partial charge in [-0.2, -0.15) is 0 Å². The zero-order chi connectivity index (χ0) is 12.3. The average molecular weight is 299 g/mol. The maximum Gasteiger partial charge on any atom is 0.573 e. The van der Waals surface area contributed by atoms with Crippen molar-refractivity contribution >= 4 is 21.9 Å². The van der Waals surface area contributed by atoms with E-state index < -0.39 is 22.9 Å². The molecule has 0 fully saturated rings. The Hall–Kier alpha value is -1.24. The van der Waals surface area contributed by atoms with Crippen LogP contribution < -0.4 is 4.74 Å². The van der Waals surface area contributed by atoms with Crippen molar-refractivity contribution < 1.29 is 27.8 Å². The fourth-order valence-corrected chi connectivity index (χ4v) is 1.30. The van der Waals surface area contributed by atoms with Gasteiger partial charge in [0.25, 0.3) is 0 Å². The molecule has 0 radical (unpaired) electrons. The number of carbonyl (C=O) groups is 1. The Kier molecular flexibility index (Phi) is 3.79. The van der Waals surface area contributed by atoms with Gasteiger partial charge in [0.1, 0.15) is 10.6 Å². The van der Waals surface area contributed by atoms with E-state index in [1.165, 1.54) is 12.1 Å². The minimum atomic E-state index is -4.79. The number of ether oxygens (including phenoxy) is 1. The van der Waals surface area contributed by atoms with Gasteiger partial charge in [-0.05, 0) is 17.7 Å². The van der Waals surface area contributed by atoms with Crippen LogP contribution in [-0.4, -0.2) is 17.4 Å². The van der Waals surface area contributed by atoms with Crippen molar-refractivity contribution in [3.8, 4) is 5.75 Å². The third-order valence-electron chi connectivity index (χ3n) is 1.60. The summed E-state index contributed by atoms with van der Waals surface area (Å²) < 4.78 is 39.3. The molecule has 1 aromatic rings. The number of hydrogen-bond acceptors (Lipinski definition) is 2. The Morgan fingerprint density at radius 2 is 2.06 bits per heavy atom. The van der Waals surface area contributed by atoms with Crippen molar-refractivity contribution in [2.75, 3.05) is 0 Å². The highest BCUT2D eigenvalue weighted by Gasteiger charge is 2.31. The monoisotopic (exact) mass is 298 g/mol. The normalized spacial score (nSPS) is 13.2. The summed E-state index contributed by atoms with van der Waals surface area (Å²) in [4.78, 5) is 9.52. The van der Waals surface area contributed by atoms with Gasteiger partial charge in [0.05, 0.1) is 0 Å². The van der Waals surface area contributed by atoms with Crippen LogP contribution in [0.3, 0.4) is 0 Å². The van der Waals surface area contributed by atoms with E-state index >= 15 is 0 Å². The molecule has 0 aromatic heterocycles. The second-order valence-electron chi connectivity index (χ2n) is 2.82. The zero-order valence-corrected chi connectivity index (χ0v) is 9.25. The van der Waals surface area contributed by atoms with Crippen LogP contribution in [0.25, 0.3) is 0 Å². The third-order valence-corrected chi connectivity index (χ3v) is 2.52. The first-order valence-corrected chi connectivity index (χ1v) is 4.94. The summed E-state index contributed by atoms with van der Waals surface area (Å²) in [6, 6.07) is 4.78. The predicted octanol–water partition coefficient (Wildman–Crippen LogP) is 3.11. The van der Waals surface area contributed by atoms with E-state index in [0.717, 1.165) is 12.1 Å². The van der Waals surface area contributed by atoms with Gasteiger partial charge in [-0.1, -0.05) is 28.1 Å². The minimum Gasteiger partial charge on any atom is -0.480 e. The summed E-state index contributed by atoms with van der Waals surface area (Å²) in [7, 11) is 0. The van der Waals surface area contributed by atoms with Crippen molar-refractivity contribution in [2.24, 2.45) is 0 Å². The Morgan fingerprint density at radius 3 is 2.56 bits per heavy atom. The molecule has 88 valence electrons. The van der Waals surface area contributed by atoms with Crippen molar-refractivity contribution in [3.63, 3.8) is 0 Å². The van der Waals surface area contributed by atoms with Gasteiger partial charge in [0.15, 0.2) is 0 Å². The first-order valence-electron chi connectivity index (χ1n) is 4.02. The second-order valence-corrected chi connectivity index (χ2v) is 3.74. The molecule has 0 amide bonds. The zero-order valence-electron chi connectivity index (χ0n) is 7.66. The molecule has 0 aliphatic heterocycles. The van der Waals surface area contributed by atoms with Gasteiger partial charge in [-0.25, -0.2) is 0 Å². The highest BCUT2D eigenvalue weighted by Crippen LogP contribution is 2.28. The van der Waals surface area contributed by atoms with Crippen LogP contribution in [0.5, 0.6) is 5.75 Å². The Balaban J connectivity index is 2.91. The summed E-state index contributed by atoms with van der Waals surface area (Å²) in [5.74, 6) is -1.64. The van der Waals surface area contributed by atoms with Crippen molar-refractivity contribution in [3.05, 3.63) is 29.8 Å². The van der Waals surface area contributed by atoms with Crippen LogP contribution >= 0.6 is 15.9 Å². The van der Waals surface area contributed by atoms with E-state index in [1.807, 2.05) is 0 Å². The third kappa shape index (κ3) is 3.73. The molecule has 0 heterocycles. The van der Waals surface area contributed by atoms with Crippen LogP contribution in [0.1, 0.15) is 10.4 Å². The SMILES string of the molecule is O=C(O)C(Br)c1cccc(OC(F)(F)F)c1. The lowest BCUT2D eigenvalue weighted by Gasteiger charge is -2.11. The molecule has 1 rings (SSSR count). The first kappa shape index (κ1) is 12.8. The summed E-state index contributed by atoms with van der Waals surface area (Å²) in [6.45, 7) is 0. The first-order chi connectivity index (χ1) is 7.29. The smallest absolute Gasteiger partial charge is 0.480 e. The maximum absolute atomic E-state index is 11.9. The molecule has 0 saturated carbocycles. The number of carboxylic acid groups (broad SMARTS) is 1. The fraction of sp³-hybridized carbons (Fsp3) is 0.222. The lowest BCUT2D eigenvalue weighted by Crippen LogP contribution is -2.17. The predicted molar refractivity (Wildman–Crippen MR) is 52.4 cm³/mol. The number of rotatable bonds is 3. The fourth-order valence-electron chi connectivity index (χ4n) is 1.01. The van der Waals surface area contributed by atoms with Crippen molar-refractivity contribution in [1.82, 2.24) is 0 Å². The summed E-state index contributed by atoms with van der Waals surface area (Å²) in [5, 5.41) is 8.65. The molecule has 0 bridgehead atoms. The molecule has 1 atom stereocenters. The van der Waals surface area contributed by atoms with E-state index in [4.69, 9.17) is 5.11 Å². The largest absolute Gasteiger partial charge is 0.573 e. The summed E-state index contributed by atoms with van der Waals surface area (Å²) in [6.07, 6.45) is -4.79. The molecular formula is C9H6BrF3O3. The summed E-state index contributed by atoms with van der Waals surface area (Å²) in [5.41, 5.74) is 0.175. The standard InChI is InChI=1S/C9H6BrF3O3/c10-7(8(14)15)5-2-1-3-6(4-5)16-9(11,12)13/h1-4,7H,(H,14,15). The number of aliphatic carboxylic acids is 1. The van der Waals surface area contributed by atoms with Gasteiger partial charge in [0.2, 0.25) is 0 Å². The van der Waals surface area contributed by atoms with Crippen LogP contribution in [-0.2, 0) is 4.79 Å². The Bertz CT molecular complexity index is 392. The molecule has 0 aliphatic rings. The minimum absolute atomic E-state index is 0.175. The average Bonchev–Trinajstić information content (AvgIpc) is 2.14. The summed E-state index contributed by atoms with van der Waals surface area (Å²) >= 11 is 2.83.